The van der Waals surface area contributed by atoms with E-state index in [9.17, 15) is 35.9 Å². The lowest BCUT2D eigenvalue weighted by Gasteiger charge is -2.32. The number of nitrogens with one attached hydrogen (secondary N) is 4. The number of rotatable bonds is 10. The fourth-order valence-corrected chi connectivity index (χ4v) is 8.93. The molecule has 12 nitrogen and oxygen atoms in total. The highest BCUT2D eigenvalue weighted by Gasteiger charge is 2.52. The van der Waals surface area contributed by atoms with E-state index in [2.05, 4.69) is 94.4 Å². The number of alkyl halides is 6. The maximum atomic E-state index is 12.6. The first-order chi connectivity index (χ1) is 34.9. The van der Waals surface area contributed by atoms with Gasteiger partial charge in [-0.05, 0) is 136 Å². The van der Waals surface area contributed by atoms with E-state index in [1.165, 1.54) is 24.5 Å². The van der Waals surface area contributed by atoms with Crippen LogP contribution in [-0.2, 0) is 47.6 Å². The van der Waals surface area contributed by atoms with Gasteiger partial charge in [0.2, 0.25) is 0 Å². The quantitative estimate of drug-likeness (QED) is 0.0587. The number of aryl methyl sites for hydroxylation is 2. The Labute approximate surface area is 488 Å². The minimum Gasteiger partial charge on any atom is -0.399 e. The van der Waals surface area contributed by atoms with Gasteiger partial charge in [0.1, 0.15) is 23.0 Å². The van der Waals surface area contributed by atoms with Gasteiger partial charge in [-0.3, -0.25) is 19.6 Å². The summed E-state index contributed by atoms with van der Waals surface area (Å²) in [7, 11) is 3.15. The van der Waals surface area contributed by atoms with Crippen LogP contribution in [0.5, 0.6) is 0 Å². The summed E-state index contributed by atoms with van der Waals surface area (Å²) >= 11 is 7.70. The molecule has 0 atom stereocenters. The fraction of sp³-hybridized carbons (Fsp3) is 0.358. The Bertz CT molecular complexity index is 2970. The molecule has 0 spiro atoms. The normalized spacial score (nSPS) is 14.7. The second kappa shape index (κ2) is 27.1. The van der Waals surface area contributed by atoms with Crippen LogP contribution in [0.15, 0.2) is 89.9 Å². The average Bonchev–Trinajstić information content (AvgIpc) is 4.02. The summed E-state index contributed by atoms with van der Waals surface area (Å²) in [6, 6.07) is 16.3. The number of Topliss-reactive ketones (excluding diaryl/α,β-unsaturated/α-hetero) is 2. The number of fused-ring (bicyclic) bond motifs is 2. The second-order valence-electron chi connectivity index (χ2n) is 18.5. The number of carbonyl (C=O) groups is 2. The molecule has 0 unspecified atom stereocenters. The van der Waals surface area contributed by atoms with Gasteiger partial charge in [0, 0.05) is 140 Å². The van der Waals surface area contributed by atoms with Crippen LogP contribution in [0, 0.1) is 13.8 Å². The van der Waals surface area contributed by atoms with Crippen molar-refractivity contribution in [1.82, 2.24) is 19.9 Å². The number of hydrogen-bond acceptors (Lipinski definition) is 12. The molecule has 5 heterocycles. The first-order valence-corrected chi connectivity index (χ1v) is 30.3. The molecule has 0 bridgehead atoms. The lowest BCUT2D eigenvalue weighted by Crippen LogP contribution is -2.41. The van der Waals surface area contributed by atoms with Crippen molar-refractivity contribution in [3.63, 3.8) is 0 Å². The molecule has 1 aliphatic heterocycles. The largest absolute Gasteiger partial charge is 0.496 e. The van der Waals surface area contributed by atoms with Gasteiger partial charge in [-0.2, -0.15) is 26.3 Å². The van der Waals surface area contributed by atoms with Crippen molar-refractivity contribution < 1.29 is 45.2 Å². The average molecular weight is 1460 g/mol. The number of anilines is 4. The van der Waals surface area contributed by atoms with Crippen LogP contribution in [0.2, 0.25) is 0 Å². The van der Waals surface area contributed by atoms with Crippen molar-refractivity contribution in [2.24, 2.45) is 0 Å². The van der Waals surface area contributed by atoms with Crippen molar-refractivity contribution in [1.29, 1.82) is 0 Å². The standard InChI is InChI=1S/C23H21F3N4O.C19H23BF3N3O2.C10H10BrNO.CH4.I2.HI/c1-13-9-21(29-11-14-3-8-20(28-10-14)23(24,25)26)30-12-17(13)15-4-6-18(27-2)22-16(15)5-7-19(22)31;1-12-8-16(25-10-13-6-7-15(24-9-13)19(21,22)23)26-11-14(12)20-27-17(2,3)18(4,5)28-20;1-12-8-4-3-7(11)6-2-5-9(13)10(6)8;;1-2;/h3-4,6,8-10,12,27H,5,7,11H2,1-2H3,(H,29,30);6-9,11H,10H2,1-5H3,(H,25,26);3-4,12H,2,5H2,1H3;1H4;;1H. The number of nitrogens with zero attached hydrogens (tertiary/aromatic N) is 4. The number of halogens is 10. The summed E-state index contributed by atoms with van der Waals surface area (Å²) in [6.45, 7) is 12.5. The summed E-state index contributed by atoms with van der Waals surface area (Å²) in [5, 5.41) is 12.3. The van der Waals surface area contributed by atoms with Gasteiger partial charge in [-0.25, -0.2) is 9.97 Å². The van der Waals surface area contributed by atoms with Gasteiger partial charge in [-0.15, -0.1) is 24.0 Å². The Hall–Kier alpha value is -4.19. The Morgan fingerprint density at radius 2 is 1.07 bits per heavy atom. The zero-order valence-corrected chi connectivity index (χ0v) is 50.4. The SMILES string of the molecule is C.CNc1ccc(-c2cnc(NCc3ccc(C(F)(F)F)nc3)cc2C)c2c1C(=O)CC2.CNc1ccc(Br)c2c1C(=O)CC2.Cc1cc(NCc2ccc(C(F)(F)F)nc2)ncc1B1OC(C)(C)C(C)(C)O1.I.II. The fourth-order valence-electron chi connectivity index (χ4n) is 8.40. The molecule has 1 fully saturated rings. The zero-order chi connectivity index (χ0) is 54.3. The molecular weight excluding hydrogens is 1400 g/mol. The van der Waals surface area contributed by atoms with E-state index in [0.717, 1.165) is 84.4 Å². The van der Waals surface area contributed by atoms with Crippen LogP contribution in [0.25, 0.3) is 11.1 Å². The van der Waals surface area contributed by atoms with Crippen LogP contribution < -0.4 is 26.7 Å². The molecule has 76 heavy (non-hydrogen) atoms. The first-order valence-electron chi connectivity index (χ1n) is 23.3. The van der Waals surface area contributed by atoms with E-state index in [4.69, 9.17) is 9.31 Å². The van der Waals surface area contributed by atoms with Gasteiger partial charge >= 0.3 is 19.5 Å². The number of aromatic nitrogens is 4. The molecule has 9 rings (SSSR count). The summed E-state index contributed by atoms with van der Waals surface area (Å²) < 4.78 is 88.8. The van der Waals surface area contributed by atoms with E-state index in [1.807, 2.05) is 85.0 Å². The van der Waals surface area contributed by atoms with E-state index in [1.54, 1.807) is 19.4 Å². The first kappa shape index (κ1) is 64.3. The van der Waals surface area contributed by atoms with Crippen LogP contribution in [-0.4, -0.2) is 63.9 Å². The van der Waals surface area contributed by atoms with Gasteiger partial charge in [0.25, 0.3) is 0 Å². The maximum absolute atomic E-state index is 12.6. The Kier molecular flexibility index (Phi) is 23.0. The van der Waals surface area contributed by atoms with E-state index in [0.29, 0.717) is 55.1 Å². The molecule has 6 aromatic rings. The zero-order valence-electron chi connectivity index (χ0n) is 42.1. The third-order valence-electron chi connectivity index (χ3n) is 13.1. The minimum absolute atomic E-state index is 0. The van der Waals surface area contributed by atoms with E-state index in [-0.39, 0.29) is 43.0 Å². The minimum atomic E-state index is -4.45. The lowest BCUT2D eigenvalue weighted by atomic mass is 9.77. The molecule has 1 saturated heterocycles. The molecule has 4 N–H and O–H groups in total. The third kappa shape index (κ3) is 15.3. The molecule has 2 aromatic carbocycles. The lowest BCUT2D eigenvalue weighted by molar-refractivity contribution is -0.142. The molecule has 2 aliphatic carbocycles. The molecule has 3 aliphatic rings. The predicted molar refractivity (Wildman–Crippen MR) is 321 cm³/mol. The molecule has 0 amide bonds. The van der Waals surface area contributed by atoms with E-state index >= 15 is 0 Å². The number of ketones is 2. The summed E-state index contributed by atoms with van der Waals surface area (Å²) in [4.78, 5) is 39.6. The highest BCUT2D eigenvalue weighted by Crippen LogP contribution is 2.40. The summed E-state index contributed by atoms with van der Waals surface area (Å²) in [5.74, 6) is 1.62. The smallest absolute Gasteiger partial charge is 0.399 e. The van der Waals surface area contributed by atoms with Crippen LogP contribution in [0.4, 0.5) is 49.4 Å². The molecular formula is C53H59BBrF6I3N8O4. The second-order valence-corrected chi connectivity index (χ2v) is 19.4. The molecule has 23 heteroatoms. The van der Waals surface area contributed by atoms with Crippen molar-refractivity contribution in [3.05, 3.63) is 146 Å². The van der Waals surface area contributed by atoms with Crippen molar-refractivity contribution >= 4 is 124 Å². The van der Waals surface area contributed by atoms with Gasteiger partial charge in [0.15, 0.2) is 11.6 Å². The monoisotopic (exact) mass is 1460 g/mol. The maximum Gasteiger partial charge on any atom is 0.496 e. The van der Waals surface area contributed by atoms with Gasteiger partial charge in [0.05, 0.1) is 11.2 Å². The highest BCUT2D eigenvalue weighted by molar-refractivity contribution is 15.0. The number of carbonyl (C=O) groups excluding carboxylic acids is 2. The Morgan fingerprint density at radius 1 is 0.618 bits per heavy atom. The van der Waals surface area contributed by atoms with Gasteiger partial charge in [-0.1, -0.05) is 41.6 Å². The van der Waals surface area contributed by atoms with Gasteiger partial charge < -0.3 is 30.6 Å². The van der Waals surface area contributed by atoms with Crippen molar-refractivity contribution in [2.45, 2.75) is 111 Å². The molecule has 0 radical (unpaired) electrons. The molecule has 4 aromatic heterocycles. The van der Waals surface area contributed by atoms with Crippen LogP contribution in [0.1, 0.15) is 113 Å². The number of benzene rings is 2. The van der Waals surface area contributed by atoms with Crippen LogP contribution >= 0.6 is 77.1 Å². The summed E-state index contributed by atoms with van der Waals surface area (Å²) in [6.07, 6.45) is -0.276. The Balaban J connectivity index is 0.000000255. The number of pyridine rings is 4. The van der Waals surface area contributed by atoms with E-state index < -0.39 is 42.1 Å². The van der Waals surface area contributed by atoms with Crippen LogP contribution in [0.3, 0.4) is 0 Å². The van der Waals surface area contributed by atoms with Crippen molar-refractivity contribution in [3.8, 4) is 11.1 Å². The van der Waals surface area contributed by atoms with Crippen molar-refractivity contribution in [2.75, 3.05) is 35.4 Å². The predicted octanol–water partition coefficient (Wildman–Crippen LogP) is 14.6. The highest BCUT2D eigenvalue weighted by atomic mass is 128. The molecule has 0 saturated carbocycles. The molecule has 408 valence electrons. The third-order valence-corrected chi connectivity index (χ3v) is 13.8. The number of hydrogen-bond donors (Lipinski definition) is 4. The topological polar surface area (TPSA) is 152 Å². The Morgan fingerprint density at radius 3 is 1.50 bits per heavy atom. The summed E-state index contributed by atoms with van der Waals surface area (Å²) in [5.41, 5.74) is 8.91.